The third-order valence-electron chi connectivity index (χ3n) is 5.92. The predicted molar refractivity (Wildman–Crippen MR) is 140 cm³/mol. The summed E-state index contributed by atoms with van der Waals surface area (Å²) in [5.41, 5.74) is 10.6. The maximum atomic E-state index is 11.7. The Morgan fingerprint density at radius 2 is 1.83 bits per heavy atom. The fourth-order valence-corrected chi connectivity index (χ4v) is 4.53. The van der Waals surface area contributed by atoms with Gasteiger partial charge >= 0.3 is 5.97 Å². The molecule has 4 aromatic rings. The number of aromatic nitrogens is 1. The summed E-state index contributed by atoms with van der Waals surface area (Å²) in [4.78, 5) is 28.1. The lowest BCUT2D eigenvalue weighted by molar-refractivity contribution is -0.136. The van der Waals surface area contributed by atoms with Crippen LogP contribution in [0.15, 0.2) is 48.7 Å². The molecule has 0 aliphatic carbocycles. The number of aryl methyl sites for hydroxylation is 1. The number of carboxylic acid groups (broad SMARTS) is 1. The molecular weight excluding hydrogens is 456 g/mol. The molecule has 0 spiro atoms. The average molecular weight is 487 g/mol. The van der Waals surface area contributed by atoms with E-state index in [0.29, 0.717) is 12.2 Å². The molecule has 0 bridgehead atoms. The molecule has 7 nitrogen and oxygen atoms in total. The lowest BCUT2D eigenvalue weighted by Gasteiger charge is -2.21. The Morgan fingerprint density at radius 1 is 1.11 bits per heavy atom. The predicted octanol–water partition coefficient (Wildman–Crippen LogP) is 4.80. The number of nitrogens with two attached hydrogens (primary N) is 1. The van der Waals surface area contributed by atoms with Crippen LogP contribution in [0.2, 0.25) is 0 Å². The van der Waals surface area contributed by atoms with Crippen LogP contribution in [0.4, 0.5) is 0 Å². The second kappa shape index (κ2) is 9.59. The van der Waals surface area contributed by atoms with Crippen molar-refractivity contribution in [2.75, 3.05) is 6.61 Å². The number of benzene rings is 3. The summed E-state index contributed by atoms with van der Waals surface area (Å²) in [6.07, 6.45) is 2.47. The minimum Gasteiger partial charge on any atom is -0.493 e. The number of aliphatic hydroxyl groups is 1. The number of hydrogen-bond acceptors (Lipinski definition) is 5. The molecule has 7 heteroatoms. The van der Waals surface area contributed by atoms with Crippen molar-refractivity contribution in [1.29, 1.82) is 0 Å². The van der Waals surface area contributed by atoms with E-state index < -0.39 is 17.5 Å². The van der Waals surface area contributed by atoms with Gasteiger partial charge in [0, 0.05) is 29.1 Å². The Labute approximate surface area is 209 Å². The van der Waals surface area contributed by atoms with Crippen molar-refractivity contribution in [3.05, 3.63) is 70.9 Å². The minimum atomic E-state index is -0.906. The van der Waals surface area contributed by atoms with Gasteiger partial charge in [0.05, 0.1) is 24.1 Å². The van der Waals surface area contributed by atoms with Gasteiger partial charge in [-0.3, -0.25) is 14.6 Å². The number of ether oxygens (including phenoxy) is 1. The van der Waals surface area contributed by atoms with Crippen LogP contribution in [0, 0.1) is 6.92 Å². The molecule has 1 aromatic heterocycles. The third kappa shape index (κ3) is 5.16. The summed E-state index contributed by atoms with van der Waals surface area (Å²) in [6, 6.07) is 13.0. The molecule has 0 fully saturated rings. The Balaban J connectivity index is 0.000000556. The molecule has 4 N–H and O–H groups in total. The Kier molecular flexibility index (Phi) is 6.69. The van der Waals surface area contributed by atoms with E-state index in [0.717, 1.165) is 56.1 Å². The Hall–Kier alpha value is -3.97. The second-order valence-electron chi connectivity index (χ2n) is 9.99. The van der Waals surface area contributed by atoms with Gasteiger partial charge < -0.3 is 20.7 Å². The highest BCUT2D eigenvalue weighted by Crippen LogP contribution is 2.42. The van der Waals surface area contributed by atoms with Crippen molar-refractivity contribution in [3.63, 3.8) is 0 Å². The highest BCUT2D eigenvalue weighted by Gasteiger charge is 2.22. The second-order valence-corrected chi connectivity index (χ2v) is 9.99. The van der Waals surface area contributed by atoms with Crippen LogP contribution >= 0.6 is 0 Å². The van der Waals surface area contributed by atoms with Crippen molar-refractivity contribution < 1.29 is 24.5 Å². The summed E-state index contributed by atoms with van der Waals surface area (Å²) in [6.45, 7) is 7.74. The zero-order chi connectivity index (χ0) is 26.2. The van der Waals surface area contributed by atoms with Crippen LogP contribution in [0.1, 0.15) is 47.8 Å². The maximum absolute atomic E-state index is 11.7. The third-order valence-corrected chi connectivity index (χ3v) is 5.92. The smallest absolute Gasteiger partial charge is 0.307 e. The van der Waals surface area contributed by atoms with E-state index in [1.54, 1.807) is 39.1 Å². The fraction of sp³-hybridized carbons (Fsp3) is 0.276. The number of hydrogen-bond donors (Lipinski definition) is 3. The standard InChI is InChI=1S/C25H20N2O4.C4H10O/c1-13-10-16-11-15(25(26)30)2-3-17(16)23(19(13)12-21(28)29)18-4-5-20-22-14(7-9-31-20)6-8-27-24(18)22;1-4(2,3)5/h2-6,8,10-11H,7,9,12H2,1H3,(H2,26,30)(H,28,29);5H,1-3H3. The number of nitrogens with zero attached hydrogens (tertiary/aromatic N) is 1. The molecule has 0 saturated carbocycles. The first-order valence-corrected chi connectivity index (χ1v) is 11.8. The van der Waals surface area contributed by atoms with Gasteiger partial charge in [-0.25, -0.2) is 0 Å². The molecule has 0 atom stereocenters. The molecule has 0 unspecified atom stereocenters. The van der Waals surface area contributed by atoms with Crippen molar-refractivity contribution in [2.24, 2.45) is 5.73 Å². The van der Waals surface area contributed by atoms with Gasteiger partial charge in [0.25, 0.3) is 0 Å². The Morgan fingerprint density at radius 3 is 2.50 bits per heavy atom. The first kappa shape index (κ1) is 25.1. The average Bonchev–Trinajstić information content (AvgIpc) is 2.79. The van der Waals surface area contributed by atoms with Crippen molar-refractivity contribution in [3.8, 4) is 16.9 Å². The van der Waals surface area contributed by atoms with E-state index in [9.17, 15) is 14.7 Å². The van der Waals surface area contributed by atoms with Crippen LogP contribution in [0.25, 0.3) is 32.8 Å². The highest BCUT2D eigenvalue weighted by molar-refractivity contribution is 6.09. The molecule has 186 valence electrons. The van der Waals surface area contributed by atoms with E-state index in [4.69, 9.17) is 15.6 Å². The number of carboxylic acids is 1. The normalized spacial score (nSPS) is 12.6. The molecule has 1 aliphatic heterocycles. The number of carbonyl (C=O) groups is 2. The van der Waals surface area contributed by atoms with Crippen LogP contribution < -0.4 is 10.5 Å². The topological polar surface area (TPSA) is 123 Å². The summed E-state index contributed by atoms with van der Waals surface area (Å²) >= 11 is 0. The van der Waals surface area contributed by atoms with E-state index >= 15 is 0 Å². The fourth-order valence-electron chi connectivity index (χ4n) is 4.53. The summed E-state index contributed by atoms with van der Waals surface area (Å²) in [5.74, 6) is -0.617. The molecule has 1 amide bonds. The molecule has 36 heavy (non-hydrogen) atoms. The van der Waals surface area contributed by atoms with Crippen LogP contribution in [0.5, 0.6) is 5.75 Å². The van der Waals surface area contributed by atoms with Crippen molar-refractivity contribution >= 4 is 33.6 Å². The van der Waals surface area contributed by atoms with Crippen molar-refractivity contribution in [1.82, 2.24) is 4.98 Å². The number of amides is 1. The maximum Gasteiger partial charge on any atom is 0.307 e. The number of primary amides is 1. The van der Waals surface area contributed by atoms with Gasteiger partial charge in [-0.05, 0) is 91.1 Å². The van der Waals surface area contributed by atoms with Crippen LogP contribution in [-0.4, -0.2) is 39.3 Å². The molecule has 3 aromatic carbocycles. The molecule has 0 saturated heterocycles. The summed E-state index contributed by atoms with van der Waals surface area (Å²) < 4.78 is 5.85. The van der Waals surface area contributed by atoms with E-state index in [2.05, 4.69) is 4.98 Å². The molecule has 1 aliphatic rings. The first-order chi connectivity index (χ1) is 16.9. The quantitative estimate of drug-likeness (QED) is 0.381. The zero-order valence-corrected chi connectivity index (χ0v) is 20.9. The monoisotopic (exact) mass is 486 g/mol. The largest absolute Gasteiger partial charge is 0.493 e. The highest BCUT2D eigenvalue weighted by atomic mass is 16.5. The molecular formula is C29H30N2O5. The lowest BCUT2D eigenvalue weighted by Crippen LogP contribution is -2.11. The van der Waals surface area contributed by atoms with Gasteiger partial charge in [-0.1, -0.05) is 12.1 Å². The molecule has 0 radical (unpaired) electrons. The van der Waals surface area contributed by atoms with Crippen LogP contribution in [-0.2, 0) is 17.6 Å². The van der Waals surface area contributed by atoms with E-state index in [1.165, 1.54) is 5.56 Å². The van der Waals surface area contributed by atoms with Crippen molar-refractivity contribution in [2.45, 2.75) is 46.1 Å². The minimum absolute atomic E-state index is 0.117. The van der Waals surface area contributed by atoms with E-state index in [-0.39, 0.29) is 6.42 Å². The Bertz CT molecular complexity index is 1490. The zero-order valence-electron chi connectivity index (χ0n) is 20.9. The van der Waals surface area contributed by atoms with Crippen LogP contribution in [0.3, 0.4) is 0 Å². The molecule has 5 rings (SSSR count). The molecule has 2 heterocycles. The lowest BCUT2D eigenvalue weighted by atomic mass is 9.86. The van der Waals surface area contributed by atoms with Gasteiger partial charge in [0.2, 0.25) is 5.91 Å². The van der Waals surface area contributed by atoms with Gasteiger partial charge in [0.15, 0.2) is 0 Å². The SMILES string of the molecule is CC(C)(C)O.Cc1cc2cc(C(N)=O)ccc2c(-c2ccc3c4c(ccnc24)CCO3)c1CC(=O)O. The summed E-state index contributed by atoms with van der Waals surface area (Å²) in [5, 5.41) is 20.8. The number of fused-ring (bicyclic) bond motifs is 1. The summed E-state index contributed by atoms with van der Waals surface area (Å²) in [7, 11) is 0. The number of aliphatic carboxylic acids is 1. The van der Waals surface area contributed by atoms with Gasteiger partial charge in [0.1, 0.15) is 5.75 Å². The van der Waals surface area contributed by atoms with Gasteiger partial charge in [-0.15, -0.1) is 0 Å². The van der Waals surface area contributed by atoms with E-state index in [1.807, 2.05) is 37.3 Å². The number of pyridine rings is 1. The number of rotatable bonds is 4. The number of carbonyl (C=O) groups excluding carboxylic acids is 1. The van der Waals surface area contributed by atoms with Gasteiger partial charge in [-0.2, -0.15) is 0 Å². The first-order valence-electron chi connectivity index (χ1n) is 11.8.